The molecule has 0 radical (unpaired) electrons. The molecule has 1 aromatic carbocycles. The number of hydrogen-bond acceptors (Lipinski definition) is 4. The van der Waals surface area contributed by atoms with E-state index in [0.717, 1.165) is 29.8 Å². The second kappa shape index (κ2) is 7.26. The molecule has 0 spiro atoms. The summed E-state index contributed by atoms with van der Waals surface area (Å²) < 4.78 is 24.2. The quantitative estimate of drug-likeness (QED) is 0.655. The predicted octanol–water partition coefficient (Wildman–Crippen LogP) is 3.27. The monoisotopic (exact) mass is 320 g/mol. The number of aromatic nitrogens is 2. The fraction of sp³-hybridized carbons (Fsp3) is 0.412. The number of carbonyl (C=O) groups is 1. The van der Waals surface area contributed by atoms with E-state index in [1.807, 2.05) is 13.8 Å². The van der Waals surface area contributed by atoms with E-state index in [1.54, 1.807) is 6.92 Å². The second-order valence-corrected chi connectivity index (χ2v) is 5.41. The number of H-pyrrole nitrogens is 1. The van der Waals surface area contributed by atoms with Gasteiger partial charge in [0.2, 0.25) is 0 Å². The second-order valence-electron chi connectivity index (χ2n) is 5.41. The molecule has 124 valence electrons. The van der Waals surface area contributed by atoms with Gasteiger partial charge in [0.15, 0.2) is 11.6 Å². The van der Waals surface area contributed by atoms with Crippen molar-refractivity contribution in [2.24, 2.45) is 0 Å². The van der Waals surface area contributed by atoms with Crippen LogP contribution in [0.2, 0.25) is 0 Å². The number of nitrogens with zero attached hydrogens (tertiary/aromatic N) is 1. The molecule has 0 bridgehead atoms. The van der Waals surface area contributed by atoms with Crippen molar-refractivity contribution in [3.05, 3.63) is 46.0 Å². The van der Waals surface area contributed by atoms with Crippen LogP contribution in [0, 0.1) is 26.6 Å². The molecule has 0 aliphatic heterocycles. The van der Waals surface area contributed by atoms with Crippen LogP contribution in [-0.2, 0) is 11.2 Å². The van der Waals surface area contributed by atoms with Gasteiger partial charge in [0.25, 0.3) is 0 Å². The lowest BCUT2D eigenvalue weighted by atomic mass is 10.1. The van der Waals surface area contributed by atoms with Crippen molar-refractivity contribution in [2.45, 2.75) is 33.6 Å². The van der Waals surface area contributed by atoms with E-state index >= 15 is 0 Å². The van der Waals surface area contributed by atoms with Crippen molar-refractivity contribution in [1.29, 1.82) is 0 Å². The Balaban J connectivity index is 2.02. The zero-order valence-corrected chi connectivity index (χ0v) is 13.8. The molecule has 1 heterocycles. The molecule has 0 atom stereocenters. The first kappa shape index (κ1) is 17.0. The highest BCUT2D eigenvalue weighted by Crippen LogP contribution is 2.26. The average Bonchev–Trinajstić information content (AvgIpc) is 2.85. The molecule has 2 aromatic rings. The SMILES string of the molecule is COC(=O)c1ccc(F)c(OCCCc2c(C)n[nH]c2C)c1C. The molecule has 5 nitrogen and oxygen atoms in total. The van der Waals surface area contributed by atoms with Crippen molar-refractivity contribution in [3.8, 4) is 5.75 Å². The van der Waals surface area contributed by atoms with Crippen LogP contribution in [0.1, 0.15) is 39.3 Å². The van der Waals surface area contributed by atoms with Gasteiger partial charge in [-0.2, -0.15) is 5.10 Å². The number of methoxy groups -OCH3 is 1. The Morgan fingerprint density at radius 3 is 2.65 bits per heavy atom. The van der Waals surface area contributed by atoms with Crippen molar-refractivity contribution in [3.63, 3.8) is 0 Å². The molecular weight excluding hydrogens is 299 g/mol. The minimum absolute atomic E-state index is 0.105. The number of rotatable bonds is 6. The third-order valence-electron chi connectivity index (χ3n) is 3.86. The van der Waals surface area contributed by atoms with Gasteiger partial charge >= 0.3 is 5.97 Å². The molecule has 6 heteroatoms. The summed E-state index contributed by atoms with van der Waals surface area (Å²) in [5.41, 5.74) is 3.93. The highest BCUT2D eigenvalue weighted by molar-refractivity contribution is 5.91. The van der Waals surface area contributed by atoms with Gasteiger partial charge in [-0.3, -0.25) is 5.10 Å². The van der Waals surface area contributed by atoms with E-state index in [0.29, 0.717) is 17.7 Å². The molecule has 0 aliphatic carbocycles. The minimum Gasteiger partial charge on any atom is -0.490 e. The third-order valence-corrected chi connectivity index (χ3v) is 3.86. The van der Waals surface area contributed by atoms with E-state index in [1.165, 1.54) is 19.2 Å². The van der Waals surface area contributed by atoms with E-state index in [2.05, 4.69) is 14.9 Å². The van der Waals surface area contributed by atoms with E-state index in [-0.39, 0.29) is 5.75 Å². The fourth-order valence-electron chi connectivity index (χ4n) is 2.53. The highest BCUT2D eigenvalue weighted by atomic mass is 19.1. The Hall–Kier alpha value is -2.37. The van der Waals surface area contributed by atoms with Gasteiger partial charge < -0.3 is 9.47 Å². The van der Waals surface area contributed by atoms with Crippen molar-refractivity contribution >= 4 is 5.97 Å². The van der Waals surface area contributed by atoms with E-state index in [9.17, 15) is 9.18 Å². The number of aryl methyl sites for hydroxylation is 2. The van der Waals surface area contributed by atoms with Crippen molar-refractivity contribution in [2.75, 3.05) is 13.7 Å². The maximum atomic E-state index is 13.9. The predicted molar refractivity (Wildman–Crippen MR) is 84.4 cm³/mol. The summed E-state index contributed by atoms with van der Waals surface area (Å²) in [6.45, 7) is 5.92. The fourth-order valence-corrected chi connectivity index (χ4v) is 2.53. The Morgan fingerprint density at radius 2 is 2.04 bits per heavy atom. The van der Waals surface area contributed by atoms with Gasteiger partial charge in [0.1, 0.15) is 0 Å². The maximum absolute atomic E-state index is 13.9. The molecule has 0 fully saturated rings. The number of halogens is 1. The number of ether oxygens (including phenoxy) is 2. The summed E-state index contributed by atoms with van der Waals surface area (Å²) in [4.78, 5) is 11.6. The number of benzene rings is 1. The summed E-state index contributed by atoms with van der Waals surface area (Å²) in [6.07, 6.45) is 1.52. The molecular formula is C17H21FN2O3. The van der Waals surface area contributed by atoms with Crippen LogP contribution in [0.4, 0.5) is 4.39 Å². The van der Waals surface area contributed by atoms with Crippen LogP contribution < -0.4 is 4.74 Å². The first-order valence-corrected chi connectivity index (χ1v) is 7.46. The van der Waals surface area contributed by atoms with Gasteiger partial charge in [-0.05, 0) is 51.3 Å². The van der Waals surface area contributed by atoms with Crippen LogP contribution in [0.5, 0.6) is 5.75 Å². The van der Waals surface area contributed by atoms with Crippen LogP contribution in [0.3, 0.4) is 0 Å². The lowest BCUT2D eigenvalue weighted by Crippen LogP contribution is -2.08. The van der Waals surface area contributed by atoms with Crippen LogP contribution in [-0.4, -0.2) is 29.9 Å². The number of carbonyl (C=O) groups excluding carboxylic acids is 1. The van der Waals surface area contributed by atoms with Gasteiger partial charge in [-0.15, -0.1) is 0 Å². The molecule has 2 rings (SSSR count). The molecule has 0 amide bonds. The minimum atomic E-state index is -0.503. The van der Waals surface area contributed by atoms with Crippen LogP contribution >= 0.6 is 0 Å². The summed E-state index contributed by atoms with van der Waals surface area (Å²) >= 11 is 0. The zero-order valence-electron chi connectivity index (χ0n) is 13.8. The summed E-state index contributed by atoms with van der Waals surface area (Å²) in [6, 6.07) is 2.63. The molecule has 0 saturated heterocycles. The number of nitrogens with one attached hydrogen (secondary N) is 1. The smallest absolute Gasteiger partial charge is 0.338 e. The van der Waals surface area contributed by atoms with Gasteiger partial charge in [0, 0.05) is 11.3 Å². The normalized spacial score (nSPS) is 10.7. The maximum Gasteiger partial charge on any atom is 0.338 e. The zero-order chi connectivity index (χ0) is 17.0. The average molecular weight is 320 g/mol. The summed E-state index contributed by atoms with van der Waals surface area (Å²) in [7, 11) is 1.29. The Bertz CT molecular complexity index is 691. The topological polar surface area (TPSA) is 64.2 Å². The largest absolute Gasteiger partial charge is 0.490 e. The van der Waals surface area contributed by atoms with E-state index < -0.39 is 11.8 Å². The first-order valence-electron chi connectivity index (χ1n) is 7.46. The summed E-state index contributed by atoms with van der Waals surface area (Å²) in [5.74, 6) is -0.878. The number of aromatic amines is 1. The standard InChI is InChI=1S/C17H21FN2O3/c1-10-13(17(21)22-4)7-8-15(18)16(10)23-9-5-6-14-11(2)19-20-12(14)3/h7-8H,5-6,9H2,1-4H3,(H,19,20). The Kier molecular flexibility index (Phi) is 5.36. The lowest BCUT2D eigenvalue weighted by Gasteiger charge is -2.13. The summed E-state index contributed by atoms with van der Waals surface area (Å²) in [5, 5.41) is 7.08. The molecule has 1 aromatic heterocycles. The van der Waals surface area contributed by atoms with Gasteiger partial charge in [0.05, 0.1) is 25.0 Å². The van der Waals surface area contributed by atoms with Crippen LogP contribution in [0.15, 0.2) is 12.1 Å². The lowest BCUT2D eigenvalue weighted by molar-refractivity contribution is 0.0599. The third kappa shape index (κ3) is 3.70. The highest BCUT2D eigenvalue weighted by Gasteiger charge is 2.17. The van der Waals surface area contributed by atoms with Crippen molar-refractivity contribution in [1.82, 2.24) is 10.2 Å². The van der Waals surface area contributed by atoms with Crippen molar-refractivity contribution < 1.29 is 18.7 Å². The van der Waals surface area contributed by atoms with E-state index in [4.69, 9.17) is 4.74 Å². The number of esters is 1. The molecule has 23 heavy (non-hydrogen) atoms. The molecule has 1 N–H and O–H groups in total. The molecule has 0 aliphatic rings. The van der Waals surface area contributed by atoms with Crippen LogP contribution in [0.25, 0.3) is 0 Å². The number of hydrogen-bond donors (Lipinski definition) is 1. The molecule has 0 saturated carbocycles. The Morgan fingerprint density at radius 1 is 1.30 bits per heavy atom. The Labute approximate surface area is 134 Å². The van der Waals surface area contributed by atoms with Gasteiger partial charge in [-0.1, -0.05) is 0 Å². The molecule has 0 unspecified atom stereocenters. The van der Waals surface area contributed by atoms with Gasteiger partial charge in [-0.25, -0.2) is 9.18 Å². The first-order chi connectivity index (χ1) is 11.0.